The summed E-state index contributed by atoms with van der Waals surface area (Å²) in [6, 6.07) is 0. The minimum absolute atomic E-state index is 0.465. The molecule has 0 aliphatic carbocycles. The van der Waals surface area contributed by atoms with E-state index in [1.165, 1.54) is 0 Å². The largest absolute Gasteiger partial charge is 0.394 e. The van der Waals surface area contributed by atoms with Crippen LogP contribution < -0.4 is 0 Å². The van der Waals surface area contributed by atoms with Crippen molar-refractivity contribution in [2.45, 2.75) is 135 Å². The van der Waals surface area contributed by atoms with Crippen LogP contribution in [0.2, 0.25) is 0 Å². The van der Waals surface area contributed by atoms with Crippen LogP contribution in [0.5, 0.6) is 0 Å². The van der Waals surface area contributed by atoms with Crippen LogP contribution in [0.4, 0.5) is 0 Å². The summed E-state index contributed by atoms with van der Waals surface area (Å²) in [6.07, 6.45) is -38.3. The molecule has 0 amide bonds. The third-order valence-electron chi connectivity index (χ3n) is 9.17. The summed E-state index contributed by atoms with van der Waals surface area (Å²) in [5.41, 5.74) is 0. The normalized spacial score (nSPS) is 53.6. The molecule has 14 N–H and O–H groups in total. The number of ether oxygens (including phenoxy) is 9. The highest BCUT2D eigenvalue weighted by atomic mass is 16.8. The molecule has 5 heterocycles. The van der Waals surface area contributed by atoms with E-state index in [1.54, 1.807) is 0 Å². The fraction of sp³-hybridized carbons (Fsp3) is 1.00. The Bertz CT molecular complexity index is 1060. The topological polar surface area (TPSA) is 366 Å². The quantitative estimate of drug-likeness (QED) is 0.0989. The van der Waals surface area contributed by atoms with Crippen LogP contribution in [0.3, 0.4) is 0 Å². The van der Waals surface area contributed by atoms with Crippen LogP contribution in [0.15, 0.2) is 0 Å². The first-order chi connectivity index (χ1) is 23.7. The maximum atomic E-state index is 11.2. The lowest BCUT2D eigenvalue weighted by Crippen LogP contribution is -2.66. The summed E-state index contributed by atoms with van der Waals surface area (Å²) in [5, 5.41) is 144. The zero-order chi connectivity index (χ0) is 36.6. The Morgan fingerprint density at radius 1 is 0.400 bits per heavy atom. The van der Waals surface area contributed by atoms with Crippen molar-refractivity contribution in [3.05, 3.63) is 0 Å². The SMILES string of the molecule is OC[C@@H]1O[C@H](O[C@H]2[C@@H](O[C@@H]3O[C@H](CO)[C@@H](O)[C@H](O)[C@@H]3O)[C@@H](O[C@@H]3CO[C@@H](O)[C@H](O[C@@H]4OC[C@H](O)[C@@H](O)[C@@H]4O)[C@@H]3O)OC[C@H]2O)[C@@H](O)[C@H](O)[C@H]1O. The molecule has 292 valence electrons. The summed E-state index contributed by atoms with van der Waals surface area (Å²) >= 11 is 0. The third-order valence-corrected chi connectivity index (χ3v) is 9.17. The Balaban J connectivity index is 1.38. The van der Waals surface area contributed by atoms with Gasteiger partial charge < -0.3 is 114 Å². The molecule has 23 heteroatoms. The Labute approximate surface area is 282 Å². The molecule has 50 heavy (non-hydrogen) atoms. The maximum absolute atomic E-state index is 11.2. The predicted octanol–water partition coefficient (Wildman–Crippen LogP) is -10.0. The summed E-state index contributed by atoms with van der Waals surface area (Å²) in [4.78, 5) is 0. The molecule has 0 saturated carbocycles. The second kappa shape index (κ2) is 17.0. The van der Waals surface area contributed by atoms with Gasteiger partial charge in [-0.1, -0.05) is 0 Å². The summed E-state index contributed by atoms with van der Waals surface area (Å²) in [5.74, 6) is 0. The first-order valence-electron chi connectivity index (χ1n) is 15.8. The van der Waals surface area contributed by atoms with Crippen LogP contribution in [0.1, 0.15) is 0 Å². The van der Waals surface area contributed by atoms with Crippen molar-refractivity contribution in [2.24, 2.45) is 0 Å². The van der Waals surface area contributed by atoms with Crippen molar-refractivity contribution < 1.29 is 114 Å². The standard InChI is InChI=1S/C27H46O23/c28-1-8-12(33)15(36)18(39)25(45-8)48-20-7(31)4-44-27(22(20)50-26-19(40)16(37)13(34)9(2-29)46-26)47-10-5-42-23(41)21(14(10)35)49-24-17(38)11(32)6(30)3-43-24/h6-41H,1-5H2/t6-,7+,8-,9+,10+,11+,12-,13+,14+,15+,16-,17-,18-,19-,20+,21+,22+,23+,24-,25+,26-,27+/m0/s1. The van der Waals surface area contributed by atoms with E-state index in [0.717, 1.165) is 0 Å². The smallest absolute Gasteiger partial charge is 0.187 e. The average Bonchev–Trinajstić information content (AvgIpc) is 3.10. The first kappa shape index (κ1) is 40.3. The highest BCUT2D eigenvalue weighted by molar-refractivity contribution is 4.96. The highest BCUT2D eigenvalue weighted by Crippen LogP contribution is 2.34. The number of hydrogen-bond acceptors (Lipinski definition) is 23. The summed E-state index contributed by atoms with van der Waals surface area (Å²) in [7, 11) is 0. The van der Waals surface area contributed by atoms with E-state index < -0.39 is 168 Å². The van der Waals surface area contributed by atoms with Crippen molar-refractivity contribution in [3.63, 3.8) is 0 Å². The molecule has 5 rings (SSSR count). The summed E-state index contributed by atoms with van der Waals surface area (Å²) in [6.45, 7) is -3.28. The van der Waals surface area contributed by atoms with Gasteiger partial charge in [-0.15, -0.1) is 0 Å². The van der Waals surface area contributed by atoms with E-state index in [0.29, 0.717) is 0 Å². The minimum Gasteiger partial charge on any atom is -0.394 e. The van der Waals surface area contributed by atoms with Crippen LogP contribution in [0.25, 0.3) is 0 Å². The van der Waals surface area contributed by atoms with E-state index in [9.17, 15) is 71.5 Å². The number of hydrogen-bond donors (Lipinski definition) is 14. The van der Waals surface area contributed by atoms with E-state index in [2.05, 4.69) is 0 Å². The molecule has 5 aliphatic heterocycles. The lowest BCUT2D eigenvalue weighted by Gasteiger charge is -2.48. The lowest BCUT2D eigenvalue weighted by molar-refractivity contribution is -0.394. The van der Waals surface area contributed by atoms with Crippen molar-refractivity contribution in [1.29, 1.82) is 0 Å². The molecule has 0 aromatic carbocycles. The fourth-order valence-corrected chi connectivity index (χ4v) is 6.11. The van der Waals surface area contributed by atoms with Gasteiger partial charge >= 0.3 is 0 Å². The molecular formula is C27H46O23. The van der Waals surface area contributed by atoms with Gasteiger partial charge in [0.15, 0.2) is 31.5 Å². The third kappa shape index (κ3) is 8.25. The van der Waals surface area contributed by atoms with Crippen LogP contribution >= 0.6 is 0 Å². The molecule has 5 fully saturated rings. The highest BCUT2D eigenvalue weighted by Gasteiger charge is 2.54. The molecule has 0 aromatic rings. The van der Waals surface area contributed by atoms with Gasteiger partial charge in [0, 0.05) is 0 Å². The minimum atomic E-state index is -1.99. The molecule has 0 aromatic heterocycles. The number of aliphatic hydroxyl groups is 14. The molecule has 5 aliphatic rings. The summed E-state index contributed by atoms with van der Waals surface area (Å²) < 4.78 is 49.9. The van der Waals surface area contributed by atoms with E-state index in [-0.39, 0.29) is 0 Å². The van der Waals surface area contributed by atoms with Gasteiger partial charge in [-0.25, -0.2) is 0 Å². The molecule has 0 spiro atoms. The fourth-order valence-electron chi connectivity index (χ4n) is 6.11. The molecule has 5 saturated heterocycles. The Morgan fingerprint density at radius 3 is 1.44 bits per heavy atom. The molecular weight excluding hydrogens is 692 g/mol. The van der Waals surface area contributed by atoms with Crippen LogP contribution in [-0.2, 0) is 42.6 Å². The Morgan fingerprint density at radius 2 is 0.880 bits per heavy atom. The van der Waals surface area contributed by atoms with Gasteiger partial charge in [-0.3, -0.25) is 0 Å². The van der Waals surface area contributed by atoms with Gasteiger partial charge in [0.1, 0.15) is 104 Å². The zero-order valence-corrected chi connectivity index (χ0v) is 26.2. The van der Waals surface area contributed by atoms with E-state index in [1.807, 2.05) is 0 Å². The maximum Gasteiger partial charge on any atom is 0.187 e. The van der Waals surface area contributed by atoms with Gasteiger partial charge in [0.25, 0.3) is 0 Å². The van der Waals surface area contributed by atoms with Gasteiger partial charge in [-0.2, -0.15) is 0 Å². The number of aliphatic hydroxyl groups excluding tert-OH is 14. The van der Waals surface area contributed by atoms with Crippen molar-refractivity contribution in [1.82, 2.24) is 0 Å². The lowest BCUT2D eigenvalue weighted by atomic mass is 9.98. The van der Waals surface area contributed by atoms with Crippen LogP contribution in [-0.4, -0.2) is 240 Å². The van der Waals surface area contributed by atoms with Crippen molar-refractivity contribution >= 4 is 0 Å². The van der Waals surface area contributed by atoms with Crippen molar-refractivity contribution in [3.8, 4) is 0 Å². The monoisotopic (exact) mass is 738 g/mol. The van der Waals surface area contributed by atoms with Gasteiger partial charge in [-0.05, 0) is 0 Å². The molecule has 0 bridgehead atoms. The van der Waals surface area contributed by atoms with E-state index >= 15 is 0 Å². The first-order valence-corrected chi connectivity index (χ1v) is 15.8. The molecule has 23 nitrogen and oxygen atoms in total. The second-order valence-electron chi connectivity index (χ2n) is 12.6. The second-order valence-corrected chi connectivity index (χ2v) is 12.6. The average molecular weight is 739 g/mol. The zero-order valence-electron chi connectivity index (χ0n) is 26.2. The number of rotatable bonds is 10. The molecule has 0 unspecified atom stereocenters. The van der Waals surface area contributed by atoms with Crippen LogP contribution in [0, 0.1) is 0 Å². The van der Waals surface area contributed by atoms with Crippen molar-refractivity contribution in [2.75, 3.05) is 33.0 Å². The Kier molecular flexibility index (Phi) is 13.7. The van der Waals surface area contributed by atoms with Gasteiger partial charge in [0.2, 0.25) is 0 Å². The Hall–Kier alpha value is -0.920. The van der Waals surface area contributed by atoms with Gasteiger partial charge in [0.05, 0.1) is 33.0 Å². The van der Waals surface area contributed by atoms with E-state index in [4.69, 9.17) is 42.6 Å². The molecule has 0 radical (unpaired) electrons. The molecule has 22 atom stereocenters. The predicted molar refractivity (Wildman–Crippen MR) is 148 cm³/mol.